The molecular weight excluding hydrogens is 308 g/mol. The molecule has 0 saturated heterocycles. The van der Waals surface area contributed by atoms with Gasteiger partial charge in [0.15, 0.2) is 0 Å². The fourth-order valence-corrected chi connectivity index (χ4v) is 3.40. The Morgan fingerprint density at radius 3 is 2.20 bits per heavy atom. The summed E-state index contributed by atoms with van der Waals surface area (Å²) in [5.74, 6) is 2.97. The first-order valence-electron chi connectivity index (χ1n) is 9.30. The molecule has 2 nitrogen and oxygen atoms in total. The summed E-state index contributed by atoms with van der Waals surface area (Å²) >= 11 is 0. The van der Waals surface area contributed by atoms with Gasteiger partial charge in [0.25, 0.3) is 0 Å². The van der Waals surface area contributed by atoms with Crippen molar-refractivity contribution in [2.24, 2.45) is 0 Å². The average molecular weight is 341 g/mol. The highest BCUT2D eigenvalue weighted by Crippen LogP contribution is 2.28. The Hall–Kier alpha value is -1.96. The molecule has 2 aromatic rings. The summed E-state index contributed by atoms with van der Waals surface area (Å²) in [7, 11) is 1.72. The molecule has 0 aliphatic carbocycles. The highest BCUT2D eigenvalue weighted by atomic mass is 16.5. The molecule has 0 bridgehead atoms. The molecule has 0 amide bonds. The zero-order chi connectivity index (χ0) is 18.4. The SMILES string of the molecule is COc1ccc(C)c(C(C)CCCOc2ccc(C(C)C)c(C)c2)c1. The summed E-state index contributed by atoms with van der Waals surface area (Å²) in [5, 5.41) is 0. The zero-order valence-electron chi connectivity index (χ0n) is 16.6. The fourth-order valence-electron chi connectivity index (χ4n) is 3.40. The van der Waals surface area contributed by atoms with Crippen molar-refractivity contribution in [1.82, 2.24) is 0 Å². The number of rotatable bonds is 8. The Morgan fingerprint density at radius 2 is 1.56 bits per heavy atom. The first-order valence-corrected chi connectivity index (χ1v) is 9.30. The third kappa shape index (κ3) is 5.26. The largest absolute Gasteiger partial charge is 0.497 e. The molecule has 0 N–H and O–H groups in total. The van der Waals surface area contributed by atoms with Gasteiger partial charge in [0.1, 0.15) is 11.5 Å². The van der Waals surface area contributed by atoms with E-state index >= 15 is 0 Å². The van der Waals surface area contributed by atoms with E-state index in [2.05, 4.69) is 65.0 Å². The van der Waals surface area contributed by atoms with E-state index in [1.165, 1.54) is 22.3 Å². The van der Waals surface area contributed by atoms with Crippen molar-refractivity contribution in [3.63, 3.8) is 0 Å². The van der Waals surface area contributed by atoms with Crippen molar-refractivity contribution in [2.45, 2.75) is 59.3 Å². The number of methoxy groups -OCH3 is 1. The van der Waals surface area contributed by atoms with Gasteiger partial charge in [0.05, 0.1) is 13.7 Å². The molecule has 1 atom stereocenters. The maximum atomic E-state index is 5.96. The molecule has 136 valence electrons. The molecule has 0 spiro atoms. The van der Waals surface area contributed by atoms with Gasteiger partial charge in [-0.1, -0.05) is 32.9 Å². The third-order valence-electron chi connectivity index (χ3n) is 4.93. The van der Waals surface area contributed by atoms with Gasteiger partial charge in [-0.25, -0.2) is 0 Å². The van der Waals surface area contributed by atoms with Crippen molar-refractivity contribution in [1.29, 1.82) is 0 Å². The lowest BCUT2D eigenvalue weighted by molar-refractivity contribution is 0.302. The van der Waals surface area contributed by atoms with Gasteiger partial charge >= 0.3 is 0 Å². The smallest absolute Gasteiger partial charge is 0.119 e. The predicted molar refractivity (Wildman–Crippen MR) is 106 cm³/mol. The van der Waals surface area contributed by atoms with Gasteiger partial charge in [-0.05, 0) is 85.0 Å². The van der Waals surface area contributed by atoms with E-state index in [4.69, 9.17) is 9.47 Å². The van der Waals surface area contributed by atoms with E-state index in [1.807, 2.05) is 6.07 Å². The summed E-state index contributed by atoms with van der Waals surface area (Å²) in [4.78, 5) is 0. The zero-order valence-corrected chi connectivity index (χ0v) is 16.6. The van der Waals surface area contributed by atoms with E-state index in [-0.39, 0.29) is 0 Å². The summed E-state index contributed by atoms with van der Waals surface area (Å²) in [6, 6.07) is 12.8. The molecule has 1 unspecified atom stereocenters. The van der Waals surface area contributed by atoms with Gasteiger partial charge in [-0.2, -0.15) is 0 Å². The van der Waals surface area contributed by atoms with Crippen LogP contribution in [0.25, 0.3) is 0 Å². The van der Waals surface area contributed by atoms with Gasteiger partial charge < -0.3 is 9.47 Å². The molecule has 2 heteroatoms. The van der Waals surface area contributed by atoms with Gasteiger partial charge in [0, 0.05) is 0 Å². The lowest BCUT2D eigenvalue weighted by Crippen LogP contribution is -2.03. The summed E-state index contributed by atoms with van der Waals surface area (Å²) in [6.07, 6.45) is 2.15. The Labute approximate surface area is 153 Å². The minimum absolute atomic E-state index is 0.503. The summed E-state index contributed by atoms with van der Waals surface area (Å²) in [6.45, 7) is 11.8. The first-order chi connectivity index (χ1) is 11.9. The minimum atomic E-state index is 0.503. The van der Waals surface area contributed by atoms with Crippen molar-refractivity contribution in [3.05, 3.63) is 58.7 Å². The van der Waals surface area contributed by atoms with Gasteiger partial charge in [0.2, 0.25) is 0 Å². The van der Waals surface area contributed by atoms with Crippen LogP contribution in [0.2, 0.25) is 0 Å². The summed E-state index contributed by atoms with van der Waals surface area (Å²) < 4.78 is 11.3. The molecule has 2 rings (SSSR count). The predicted octanol–water partition coefficient (Wildman–Crippen LogP) is 6.40. The highest BCUT2D eigenvalue weighted by Gasteiger charge is 2.10. The standard InChI is InChI=1S/C23H32O2/c1-16(2)22-12-11-21(14-19(22)5)25-13-7-8-17(3)23-15-20(24-6)10-9-18(23)4/h9-12,14-17H,7-8,13H2,1-6H3. The van der Waals surface area contributed by atoms with Crippen LogP contribution < -0.4 is 9.47 Å². The normalized spacial score (nSPS) is 12.3. The molecule has 0 aliphatic rings. The Bertz CT molecular complexity index is 688. The van der Waals surface area contributed by atoms with Gasteiger partial charge in [-0.15, -0.1) is 0 Å². The number of aryl methyl sites for hydroxylation is 2. The molecule has 0 saturated carbocycles. The first kappa shape index (κ1) is 19.4. The second-order valence-corrected chi connectivity index (χ2v) is 7.29. The monoisotopic (exact) mass is 340 g/mol. The van der Waals surface area contributed by atoms with E-state index in [0.29, 0.717) is 11.8 Å². The average Bonchev–Trinajstić information content (AvgIpc) is 2.58. The van der Waals surface area contributed by atoms with Gasteiger partial charge in [-0.3, -0.25) is 0 Å². The van der Waals surface area contributed by atoms with Crippen LogP contribution in [-0.4, -0.2) is 13.7 Å². The lowest BCUT2D eigenvalue weighted by atomic mass is 9.92. The highest BCUT2D eigenvalue weighted by molar-refractivity contribution is 5.37. The van der Waals surface area contributed by atoms with Crippen LogP contribution in [0, 0.1) is 13.8 Å². The van der Waals surface area contributed by atoms with E-state index in [0.717, 1.165) is 30.9 Å². The molecule has 0 fully saturated rings. The topological polar surface area (TPSA) is 18.5 Å². The number of hydrogen-bond donors (Lipinski definition) is 0. The van der Waals surface area contributed by atoms with E-state index in [9.17, 15) is 0 Å². The quantitative estimate of drug-likeness (QED) is 0.518. The van der Waals surface area contributed by atoms with Crippen molar-refractivity contribution >= 4 is 0 Å². The van der Waals surface area contributed by atoms with Crippen LogP contribution in [0.15, 0.2) is 36.4 Å². The summed E-state index contributed by atoms with van der Waals surface area (Å²) in [5.41, 5.74) is 5.41. The number of hydrogen-bond acceptors (Lipinski definition) is 2. The lowest BCUT2D eigenvalue weighted by Gasteiger charge is -2.16. The maximum Gasteiger partial charge on any atom is 0.119 e. The van der Waals surface area contributed by atoms with Crippen LogP contribution in [0.5, 0.6) is 11.5 Å². The molecule has 2 aromatic carbocycles. The molecule has 0 aliphatic heterocycles. The molecule has 0 aromatic heterocycles. The van der Waals surface area contributed by atoms with Crippen molar-refractivity contribution in [3.8, 4) is 11.5 Å². The van der Waals surface area contributed by atoms with Crippen LogP contribution >= 0.6 is 0 Å². The molecular formula is C23H32O2. The number of benzene rings is 2. The Kier molecular flexibility index (Phi) is 6.92. The Balaban J connectivity index is 1.86. The van der Waals surface area contributed by atoms with Crippen molar-refractivity contribution in [2.75, 3.05) is 13.7 Å². The van der Waals surface area contributed by atoms with Crippen LogP contribution in [0.4, 0.5) is 0 Å². The second kappa shape index (κ2) is 8.94. The van der Waals surface area contributed by atoms with Crippen LogP contribution in [0.3, 0.4) is 0 Å². The van der Waals surface area contributed by atoms with Crippen LogP contribution in [-0.2, 0) is 0 Å². The molecule has 0 radical (unpaired) electrons. The van der Waals surface area contributed by atoms with Crippen LogP contribution in [0.1, 0.15) is 67.7 Å². The Morgan fingerprint density at radius 1 is 0.840 bits per heavy atom. The fraction of sp³-hybridized carbons (Fsp3) is 0.478. The van der Waals surface area contributed by atoms with E-state index < -0.39 is 0 Å². The second-order valence-electron chi connectivity index (χ2n) is 7.29. The van der Waals surface area contributed by atoms with Crippen molar-refractivity contribution < 1.29 is 9.47 Å². The number of ether oxygens (including phenoxy) is 2. The molecule has 25 heavy (non-hydrogen) atoms. The molecule has 0 heterocycles. The maximum absolute atomic E-state index is 5.96. The third-order valence-corrected chi connectivity index (χ3v) is 4.93. The van der Waals surface area contributed by atoms with E-state index in [1.54, 1.807) is 7.11 Å². The minimum Gasteiger partial charge on any atom is -0.497 e.